The molecule has 0 aliphatic carbocycles. The quantitative estimate of drug-likeness (QED) is 0.171. The Morgan fingerprint density at radius 1 is 0.375 bits per heavy atom. The van der Waals surface area contributed by atoms with Crippen LogP contribution in [0.3, 0.4) is 0 Å². The molecule has 0 aliphatic heterocycles. The molecule has 0 unspecified atom stereocenters. The van der Waals surface area contributed by atoms with E-state index >= 15 is 0 Å². The summed E-state index contributed by atoms with van der Waals surface area (Å²) in [5.74, 6) is 1.88. The van der Waals surface area contributed by atoms with Gasteiger partial charge in [0.05, 0.1) is 11.2 Å². The van der Waals surface area contributed by atoms with Gasteiger partial charge in [-0.25, -0.2) is 19.5 Å². The Kier molecular flexibility index (Phi) is 7.60. The van der Waals surface area contributed by atoms with Gasteiger partial charge in [0.15, 0.2) is 17.5 Å². The Morgan fingerprint density at radius 3 is 1.68 bits per heavy atom. The number of fused-ring (bicyclic) bond motifs is 6. The first kappa shape index (κ1) is 32.2. The van der Waals surface area contributed by atoms with Gasteiger partial charge in [0.1, 0.15) is 5.69 Å². The molecular formula is C50H31N5S. The summed E-state index contributed by atoms with van der Waals surface area (Å²) in [7, 11) is 0. The average Bonchev–Trinajstić information content (AvgIpc) is 3.86. The minimum atomic E-state index is 0.610. The Morgan fingerprint density at radius 2 is 0.929 bits per heavy atom. The standard InChI is InChI=1S/C50H31N5S/c1-4-15-32(16-5-1)45-46(33-17-6-2-7-18-33)54-55-42(31-35-21-10-11-24-39(35)47(45)55)36-22-14-23-37(29-36)49-51-48(34-19-8-3-9-20-34)52-50(53-49)38-27-28-44-41(30-38)40-25-12-13-26-43(40)56-44/h1-31H. The zero-order chi connectivity index (χ0) is 37.0. The minimum Gasteiger partial charge on any atom is -0.231 e. The molecule has 0 N–H and O–H groups in total. The summed E-state index contributed by atoms with van der Waals surface area (Å²) in [5.41, 5.74) is 10.1. The molecule has 6 heteroatoms. The van der Waals surface area contributed by atoms with Crippen molar-refractivity contribution in [3.8, 4) is 67.8 Å². The van der Waals surface area contributed by atoms with E-state index in [0.717, 1.165) is 66.6 Å². The monoisotopic (exact) mass is 733 g/mol. The van der Waals surface area contributed by atoms with Crippen LogP contribution in [0.25, 0.3) is 104 Å². The second-order valence-electron chi connectivity index (χ2n) is 13.9. The largest absolute Gasteiger partial charge is 0.231 e. The van der Waals surface area contributed by atoms with Crippen LogP contribution in [0.1, 0.15) is 0 Å². The topological polar surface area (TPSA) is 56.0 Å². The molecule has 0 radical (unpaired) electrons. The van der Waals surface area contributed by atoms with Gasteiger partial charge in [-0.3, -0.25) is 0 Å². The third-order valence-electron chi connectivity index (χ3n) is 10.5. The van der Waals surface area contributed by atoms with Crippen molar-refractivity contribution in [3.05, 3.63) is 188 Å². The maximum Gasteiger partial charge on any atom is 0.164 e. The Bertz CT molecular complexity index is 3240. The highest BCUT2D eigenvalue weighted by atomic mass is 32.1. The third kappa shape index (κ3) is 5.46. The molecule has 11 rings (SSSR count). The van der Waals surface area contributed by atoms with Crippen LogP contribution in [-0.2, 0) is 0 Å². The van der Waals surface area contributed by atoms with E-state index in [1.54, 1.807) is 11.3 Å². The van der Waals surface area contributed by atoms with Crippen LogP contribution in [0.2, 0.25) is 0 Å². The third-order valence-corrected chi connectivity index (χ3v) is 11.6. The fraction of sp³-hybridized carbons (Fsp3) is 0. The maximum absolute atomic E-state index is 5.41. The lowest BCUT2D eigenvalue weighted by Crippen LogP contribution is -2.01. The van der Waals surface area contributed by atoms with Gasteiger partial charge in [-0.15, -0.1) is 11.3 Å². The van der Waals surface area contributed by atoms with E-state index in [4.69, 9.17) is 20.1 Å². The fourth-order valence-electron chi connectivity index (χ4n) is 7.80. The molecule has 0 atom stereocenters. The first-order valence-corrected chi connectivity index (χ1v) is 19.5. The molecule has 4 aromatic heterocycles. The summed E-state index contributed by atoms with van der Waals surface area (Å²) in [6.07, 6.45) is 0. The first-order valence-electron chi connectivity index (χ1n) is 18.6. The van der Waals surface area contributed by atoms with Gasteiger partial charge in [-0.05, 0) is 47.3 Å². The van der Waals surface area contributed by atoms with E-state index in [1.807, 2.05) is 36.4 Å². The molecular weight excluding hydrogens is 703 g/mol. The molecule has 262 valence electrons. The van der Waals surface area contributed by atoms with Crippen molar-refractivity contribution in [1.82, 2.24) is 24.6 Å². The number of pyridine rings is 1. The van der Waals surface area contributed by atoms with Gasteiger partial charge in [-0.2, -0.15) is 5.10 Å². The summed E-state index contributed by atoms with van der Waals surface area (Å²) in [4.78, 5) is 15.3. The molecule has 0 fully saturated rings. The van der Waals surface area contributed by atoms with E-state index in [9.17, 15) is 0 Å². The first-order chi connectivity index (χ1) is 27.7. The molecule has 5 nitrogen and oxygen atoms in total. The van der Waals surface area contributed by atoms with E-state index in [1.165, 1.54) is 20.2 Å². The van der Waals surface area contributed by atoms with Crippen molar-refractivity contribution in [2.75, 3.05) is 0 Å². The van der Waals surface area contributed by atoms with Crippen molar-refractivity contribution in [2.24, 2.45) is 0 Å². The summed E-state index contributed by atoms with van der Waals surface area (Å²) >= 11 is 1.81. The summed E-state index contributed by atoms with van der Waals surface area (Å²) in [6.45, 7) is 0. The van der Waals surface area contributed by atoms with Crippen LogP contribution in [0.5, 0.6) is 0 Å². The van der Waals surface area contributed by atoms with Crippen LogP contribution in [-0.4, -0.2) is 24.6 Å². The number of hydrogen-bond donors (Lipinski definition) is 0. The van der Waals surface area contributed by atoms with Gasteiger partial charge in [0, 0.05) is 58.9 Å². The number of hydrogen-bond acceptors (Lipinski definition) is 5. The molecule has 56 heavy (non-hydrogen) atoms. The summed E-state index contributed by atoms with van der Waals surface area (Å²) in [6, 6.07) is 65.6. The minimum absolute atomic E-state index is 0.610. The molecule has 0 aliphatic rings. The van der Waals surface area contributed by atoms with Crippen LogP contribution in [0.4, 0.5) is 0 Å². The lowest BCUT2D eigenvalue weighted by molar-refractivity contribution is 0.979. The van der Waals surface area contributed by atoms with Crippen LogP contribution in [0, 0.1) is 0 Å². The van der Waals surface area contributed by atoms with Crippen molar-refractivity contribution >= 4 is 47.8 Å². The van der Waals surface area contributed by atoms with Gasteiger partial charge in [-0.1, -0.05) is 152 Å². The molecule has 0 amide bonds. The van der Waals surface area contributed by atoms with E-state index < -0.39 is 0 Å². The van der Waals surface area contributed by atoms with E-state index in [-0.39, 0.29) is 0 Å². The number of thiophene rings is 1. The number of nitrogens with zero attached hydrogens (tertiary/aromatic N) is 5. The Hall–Kier alpha value is -7.28. The molecule has 0 bridgehead atoms. The second kappa shape index (κ2) is 13.2. The lowest BCUT2D eigenvalue weighted by Gasteiger charge is -2.12. The van der Waals surface area contributed by atoms with Crippen molar-refractivity contribution in [1.29, 1.82) is 0 Å². The van der Waals surface area contributed by atoms with Gasteiger partial charge >= 0.3 is 0 Å². The molecule has 0 saturated carbocycles. The normalized spacial score (nSPS) is 11.6. The number of rotatable bonds is 6. The van der Waals surface area contributed by atoms with Crippen LogP contribution in [0.15, 0.2) is 188 Å². The highest BCUT2D eigenvalue weighted by Gasteiger charge is 2.22. The highest BCUT2D eigenvalue weighted by molar-refractivity contribution is 7.25. The molecule has 7 aromatic carbocycles. The van der Waals surface area contributed by atoms with Gasteiger partial charge in [0.2, 0.25) is 0 Å². The Balaban J connectivity index is 1.12. The molecule has 4 heterocycles. The van der Waals surface area contributed by atoms with Crippen molar-refractivity contribution < 1.29 is 0 Å². The number of aromatic nitrogens is 5. The molecule has 0 saturated heterocycles. The average molecular weight is 734 g/mol. The lowest BCUT2D eigenvalue weighted by atomic mass is 9.97. The SMILES string of the molecule is c1ccc(-c2nc(-c3cccc(-c4cc5ccccc5c5c(-c6ccccc6)c(-c6ccccc6)nn45)c3)nc(-c3ccc4sc5ccccc5c4c3)n2)cc1. The Labute approximate surface area is 326 Å². The zero-order valence-corrected chi connectivity index (χ0v) is 30.9. The van der Waals surface area contributed by atoms with Gasteiger partial charge < -0.3 is 0 Å². The van der Waals surface area contributed by atoms with E-state index in [2.05, 4.69) is 156 Å². The zero-order valence-electron chi connectivity index (χ0n) is 30.0. The molecule has 0 spiro atoms. The van der Waals surface area contributed by atoms with E-state index in [0.29, 0.717) is 17.5 Å². The predicted octanol–water partition coefficient (Wildman–Crippen LogP) is 13.0. The summed E-state index contributed by atoms with van der Waals surface area (Å²) in [5, 5.41) is 10.1. The predicted molar refractivity (Wildman–Crippen MR) is 232 cm³/mol. The number of benzene rings is 7. The maximum atomic E-state index is 5.41. The van der Waals surface area contributed by atoms with Crippen LogP contribution < -0.4 is 0 Å². The molecule has 11 aromatic rings. The van der Waals surface area contributed by atoms with Crippen molar-refractivity contribution in [3.63, 3.8) is 0 Å². The van der Waals surface area contributed by atoms with Gasteiger partial charge in [0.25, 0.3) is 0 Å². The summed E-state index contributed by atoms with van der Waals surface area (Å²) < 4.78 is 4.64. The smallest absolute Gasteiger partial charge is 0.164 e. The van der Waals surface area contributed by atoms with Crippen molar-refractivity contribution in [2.45, 2.75) is 0 Å². The highest BCUT2D eigenvalue weighted by Crippen LogP contribution is 2.41. The van der Waals surface area contributed by atoms with Crippen LogP contribution >= 0.6 is 11.3 Å². The fourth-order valence-corrected chi connectivity index (χ4v) is 8.89. The second-order valence-corrected chi connectivity index (χ2v) is 15.0.